The summed E-state index contributed by atoms with van der Waals surface area (Å²) in [7, 11) is 0. The molecule has 1 aromatic heterocycles. The van der Waals surface area contributed by atoms with Gasteiger partial charge in [0.15, 0.2) is 0 Å². The minimum atomic E-state index is -0.350. The molecule has 1 heterocycles. The number of nitrogens with one attached hydrogen (secondary N) is 1. The molecule has 25 heavy (non-hydrogen) atoms. The number of anilines is 1. The van der Waals surface area contributed by atoms with Gasteiger partial charge in [-0.1, -0.05) is 57.0 Å². The number of fused-ring (bicyclic) bond motifs is 1. The highest BCUT2D eigenvalue weighted by atomic mass is 16.1. The van der Waals surface area contributed by atoms with Crippen LogP contribution >= 0.6 is 0 Å². The number of rotatable bonds is 1. The molecule has 3 heteroatoms. The van der Waals surface area contributed by atoms with E-state index in [9.17, 15) is 4.79 Å². The van der Waals surface area contributed by atoms with Crippen molar-refractivity contribution in [1.29, 1.82) is 0 Å². The highest BCUT2D eigenvalue weighted by Gasteiger charge is 2.12. The highest BCUT2D eigenvalue weighted by molar-refractivity contribution is 6.04. The SMILES string of the molecule is CC(C)(C)c1ccc(C#CC(=O)Nc2cnc3ccccc3c2)cc1. The quantitative estimate of drug-likeness (QED) is 0.667. The van der Waals surface area contributed by atoms with Crippen molar-refractivity contribution in [1.82, 2.24) is 4.98 Å². The van der Waals surface area contributed by atoms with Gasteiger partial charge in [0.25, 0.3) is 0 Å². The molecule has 0 aliphatic heterocycles. The molecule has 0 bridgehead atoms. The van der Waals surface area contributed by atoms with Crippen LogP contribution in [0.25, 0.3) is 10.9 Å². The van der Waals surface area contributed by atoms with Crippen molar-refractivity contribution in [3.8, 4) is 11.8 Å². The molecule has 0 spiro atoms. The zero-order valence-corrected chi connectivity index (χ0v) is 14.6. The third-order valence-electron chi connectivity index (χ3n) is 3.92. The molecule has 0 saturated carbocycles. The maximum absolute atomic E-state index is 12.0. The molecule has 3 aromatic rings. The van der Waals surface area contributed by atoms with Crippen LogP contribution in [0, 0.1) is 11.8 Å². The largest absolute Gasteiger partial charge is 0.314 e. The Labute approximate surface area is 148 Å². The summed E-state index contributed by atoms with van der Waals surface area (Å²) < 4.78 is 0. The Balaban J connectivity index is 1.71. The summed E-state index contributed by atoms with van der Waals surface area (Å²) in [5.41, 5.74) is 3.70. The topological polar surface area (TPSA) is 42.0 Å². The van der Waals surface area contributed by atoms with Crippen LogP contribution in [0.5, 0.6) is 0 Å². The van der Waals surface area contributed by atoms with Crippen LogP contribution in [0.2, 0.25) is 0 Å². The average molecular weight is 328 g/mol. The fourth-order valence-electron chi connectivity index (χ4n) is 2.48. The Bertz CT molecular complexity index is 971. The van der Waals surface area contributed by atoms with Gasteiger partial charge in [-0.3, -0.25) is 9.78 Å². The molecule has 1 amide bonds. The standard InChI is InChI=1S/C22H20N2O/c1-22(2,3)18-11-8-16(9-12-18)10-13-21(25)24-19-14-17-6-4-5-7-20(17)23-15-19/h4-9,11-12,14-15H,1-3H3,(H,24,25). The van der Waals surface area contributed by atoms with Gasteiger partial charge in [-0.15, -0.1) is 0 Å². The van der Waals surface area contributed by atoms with E-state index in [1.165, 1.54) is 5.56 Å². The van der Waals surface area contributed by atoms with E-state index in [4.69, 9.17) is 0 Å². The van der Waals surface area contributed by atoms with E-state index < -0.39 is 0 Å². The van der Waals surface area contributed by atoms with E-state index in [2.05, 4.69) is 55.0 Å². The van der Waals surface area contributed by atoms with E-state index in [1.807, 2.05) is 42.5 Å². The Morgan fingerprint density at radius 3 is 2.48 bits per heavy atom. The second-order valence-electron chi connectivity index (χ2n) is 6.95. The average Bonchev–Trinajstić information content (AvgIpc) is 2.59. The summed E-state index contributed by atoms with van der Waals surface area (Å²) in [4.78, 5) is 16.4. The Hall–Kier alpha value is -3.12. The third-order valence-corrected chi connectivity index (χ3v) is 3.92. The molecule has 0 aliphatic carbocycles. The van der Waals surface area contributed by atoms with Crippen molar-refractivity contribution < 1.29 is 4.79 Å². The van der Waals surface area contributed by atoms with E-state index >= 15 is 0 Å². The van der Waals surface area contributed by atoms with Crippen LogP contribution in [-0.4, -0.2) is 10.9 Å². The first-order valence-electron chi connectivity index (χ1n) is 8.20. The molecule has 0 unspecified atom stereocenters. The molecule has 0 radical (unpaired) electrons. The van der Waals surface area contributed by atoms with E-state index in [1.54, 1.807) is 6.20 Å². The normalized spacial score (nSPS) is 10.8. The van der Waals surface area contributed by atoms with Crippen LogP contribution in [0.4, 0.5) is 5.69 Å². The van der Waals surface area contributed by atoms with Crippen LogP contribution in [-0.2, 0) is 10.2 Å². The van der Waals surface area contributed by atoms with Gasteiger partial charge in [-0.2, -0.15) is 0 Å². The minimum Gasteiger partial charge on any atom is -0.314 e. The van der Waals surface area contributed by atoms with E-state index in [0.717, 1.165) is 16.5 Å². The highest BCUT2D eigenvalue weighted by Crippen LogP contribution is 2.22. The number of aromatic nitrogens is 1. The van der Waals surface area contributed by atoms with Crippen molar-refractivity contribution in [2.75, 3.05) is 5.32 Å². The lowest BCUT2D eigenvalue weighted by atomic mass is 9.87. The number of benzene rings is 2. The molecule has 124 valence electrons. The van der Waals surface area contributed by atoms with Crippen LogP contribution < -0.4 is 5.32 Å². The van der Waals surface area contributed by atoms with Gasteiger partial charge in [0.1, 0.15) is 0 Å². The lowest BCUT2D eigenvalue weighted by Gasteiger charge is -2.18. The third kappa shape index (κ3) is 4.24. The van der Waals surface area contributed by atoms with Crippen molar-refractivity contribution in [3.63, 3.8) is 0 Å². The molecule has 0 atom stereocenters. The first kappa shape index (κ1) is 16.7. The smallest absolute Gasteiger partial charge is 0.300 e. The molecule has 1 N–H and O–H groups in total. The van der Waals surface area contributed by atoms with Crippen LogP contribution in [0.1, 0.15) is 31.9 Å². The molecular weight excluding hydrogens is 308 g/mol. The zero-order chi connectivity index (χ0) is 17.9. The van der Waals surface area contributed by atoms with Gasteiger partial charge in [0.2, 0.25) is 0 Å². The summed E-state index contributed by atoms with van der Waals surface area (Å²) in [6.45, 7) is 6.50. The number of nitrogens with zero attached hydrogens (tertiary/aromatic N) is 1. The number of hydrogen-bond donors (Lipinski definition) is 1. The maximum atomic E-state index is 12.0. The number of carbonyl (C=O) groups excluding carboxylic acids is 1. The van der Waals surface area contributed by atoms with Gasteiger partial charge in [-0.25, -0.2) is 0 Å². The maximum Gasteiger partial charge on any atom is 0.300 e. The number of hydrogen-bond acceptors (Lipinski definition) is 2. The fraction of sp³-hybridized carbons (Fsp3) is 0.182. The molecule has 0 aliphatic rings. The minimum absolute atomic E-state index is 0.104. The molecular formula is C22H20N2O. The van der Waals surface area contributed by atoms with Gasteiger partial charge in [0, 0.05) is 16.9 Å². The zero-order valence-electron chi connectivity index (χ0n) is 14.6. The lowest BCUT2D eigenvalue weighted by molar-refractivity contribution is -0.111. The number of para-hydroxylation sites is 1. The summed E-state index contributed by atoms with van der Waals surface area (Å²) in [5.74, 6) is 5.17. The van der Waals surface area contributed by atoms with Crippen molar-refractivity contribution >= 4 is 22.5 Å². The van der Waals surface area contributed by atoms with Gasteiger partial charge >= 0.3 is 5.91 Å². The monoisotopic (exact) mass is 328 g/mol. The number of amides is 1. The molecule has 3 nitrogen and oxygen atoms in total. The summed E-state index contributed by atoms with van der Waals surface area (Å²) in [6, 6.07) is 17.6. The Morgan fingerprint density at radius 2 is 1.76 bits per heavy atom. The van der Waals surface area contributed by atoms with Gasteiger partial charge in [-0.05, 0) is 35.2 Å². The first-order valence-corrected chi connectivity index (χ1v) is 8.20. The van der Waals surface area contributed by atoms with Crippen LogP contribution in [0.3, 0.4) is 0 Å². The fourth-order valence-corrected chi connectivity index (χ4v) is 2.48. The number of pyridine rings is 1. The summed E-state index contributed by atoms with van der Waals surface area (Å²) >= 11 is 0. The van der Waals surface area contributed by atoms with Crippen LogP contribution in [0.15, 0.2) is 60.8 Å². The number of carbonyl (C=O) groups is 1. The predicted molar refractivity (Wildman–Crippen MR) is 102 cm³/mol. The second-order valence-corrected chi connectivity index (χ2v) is 6.95. The summed E-state index contributed by atoms with van der Waals surface area (Å²) in [6.07, 6.45) is 1.64. The van der Waals surface area contributed by atoms with E-state index in [0.29, 0.717) is 5.69 Å². The molecule has 0 fully saturated rings. The predicted octanol–water partition coefficient (Wildman–Crippen LogP) is 4.52. The Morgan fingerprint density at radius 1 is 1.04 bits per heavy atom. The van der Waals surface area contributed by atoms with Gasteiger partial charge in [0.05, 0.1) is 17.4 Å². The van der Waals surface area contributed by atoms with Crippen molar-refractivity contribution in [2.24, 2.45) is 0 Å². The Kier molecular flexibility index (Phi) is 4.54. The molecule has 2 aromatic carbocycles. The van der Waals surface area contributed by atoms with Crippen molar-refractivity contribution in [2.45, 2.75) is 26.2 Å². The second kappa shape index (κ2) is 6.78. The first-order chi connectivity index (χ1) is 11.9. The molecule has 0 saturated heterocycles. The van der Waals surface area contributed by atoms with Crippen molar-refractivity contribution in [3.05, 3.63) is 71.9 Å². The lowest BCUT2D eigenvalue weighted by Crippen LogP contribution is -2.10. The van der Waals surface area contributed by atoms with Gasteiger partial charge < -0.3 is 5.32 Å². The van der Waals surface area contributed by atoms with E-state index in [-0.39, 0.29) is 11.3 Å². The molecule has 3 rings (SSSR count). The summed E-state index contributed by atoms with van der Waals surface area (Å²) in [5, 5.41) is 3.74.